The van der Waals surface area contributed by atoms with Crippen molar-refractivity contribution in [2.45, 2.75) is 31.7 Å². The number of carbonyl (C=O) groups is 1. The van der Waals surface area contributed by atoms with Gasteiger partial charge in [0.15, 0.2) is 0 Å². The van der Waals surface area contributed by atoms with E-state index in [1.807, 2.05) is 23.1 Å². The van der Waals surface area contributed by atoms with Gasteiger partial charge in [-0.3, -0.25) is 4.79 Å². The molecule has 0 saturated carbocycles. The minimum absolute atomic E-state index is 0.177. The summed E-state index contributed by atoms with van der Waals surface area (Å²) < 4.78 is 13.6. The zero-order valence-corrected chi connectivity index (χ0v) is 17.1. The van der Waals surface area contributed by atoms with Gasteiger partial charge in [-0.05, 0) is 85.1 Å². The van der Waals surface area contributed by atoms with E-state index >= 15 is 0 Å². The van der Waals surface area contributed by atoms with Gasteiger partial charge in [0.05, 0.1) is 17.7 Å². The standard InChI is InChI=1S/C25H26FN3O/c26-22-5-3-20(4-6-22)25-23-13-17(15-27)1-2-19(23)9-12-29(25)24(30)14-21-16-28-10-7-18(21)8-11-28/h1-6,13,18,21,25H,7-12,14,16H2/t21-,25-/m1/s1. The van der Waals surface area contributed by atoms with Crippen LogP contribution in [-0.4, -0.2) is 41.9 Å². The third kappa shape index (κ3) is 3.50. The highest BCUT2D eigenvalue weighted by atomic mass is 19.1. The number of rotatable bonds is 3. The van der Waals surface area contributed by atoms with E-state index in [-0.39, 0.29) is 17.8 Å². The van der Waals surface area contributed by atoms with Crippen LogP contribution in [-0.2, 0) is 11.2 Å². The Hall–Kier alpha value is -2.71. The Morgan fingerprint density at radius 1 is 1.10 bits per heavy atom. The molecule has 30 heavy (non-hydrogen) atoms. The summed E-state index contributed by atoms with van der Waals surface area (Å²) in [6, 6.07) is 14.1. The van der Waals surface area contributed by atoms with Crippen molar-refractivity contribution in [1.82, 2.24) is 9.80 Å². The molecule has 154 valence electrons. The number of hydrogen-bond acceptors (Lipinski definition) is 3. The molecular weight excluding hydrogens is 377 g/mol. The number of halogens is 1. The molecule has 2 atom stereocenters. The van der Waals surface area contributed by atoms with Crippen LogP contribution >= 0.6 is 0 Å². The number of hydrogen-bond donors (Lipinski definition) is 0. The molecule has 2 bridgehead atoms. The fraction of sp³-hybridized carbons (Fsp3) is 0.440. The molecule has 0 aromatic heterocycles. The third-order valence-electron chi connectivity index (χ3n) is 7.24. The van der Waals surface area contributed by atoms with Crippen molar-refractivity contribution in [2.75, 3.05) is 26.2 Å². The van der Waals surface area contributed by atoms with Crippen molar-refractivity contribution in [3.8, 4) is 6.07 Å². The molecule has 1 amide bonds. The minimum atomic E-state index is -0.286. The molecule has 0 unspecified atom stereocenters. The smallest absolute Gasteiger partial charge is 0.223 e. The molecule has 3 fully saturated rings. The van der Waals surface area contributed by atoms with E-state index in [9.17, 15) is 14.4 Å². The quantitative estimate of drug-likeness (QED) is 0.781. The number of benzene rings is 2. The van der Waals surface area contributed by atoms with Gasteiger partial charge in [-0.25, -0.2) is 4.39 Å². The summed E-state index contributed by atoms with van der Waals surface area (Å²) >= 11 is 0. The lowest BCUT2D eigenvalue weighted by molar-refractivity contribution is -0.136. The maximum Gasteiger partial charge on any atom is 0.223 e. The Morgan fingerprint density at radius 3 is 2.53 bits per heavy atom. The first-order valence-corrected chi connectivity index (χ1v) is 10.9. The molecule has 2 aromatic rings. The van der Waals surface area contributed by atoms with Gasteiger partial charge in [-0.2, -0.15) is 5.26 Å². The fourth-order valence-corrected chi connectivity index (χ4v) is 5.62. The summed E-state index contributed by atoms with van der Waals surface area (Å²) in [5, 5.41) is 9.40. The molecule has 5 heteroatoms. The van der Waals surface area contributed by atoms with Crippen LogP contribution in [0.1, 0.15) is 47.6 Å². The molecule has 4 aliphatic rings. The van der Waals surface area contributed by atoms with E-state index in [1.54, 1.807) is 12.1 Å². The van der Waals surface area contributed by atoms with Crippen LogP contribution in [0.4, 0.5) is 4.39 Å². The molecule has 0 radical (unpaired) electrons. The van der Waals surface area contributed by atoms with Crippen LogP contribution in [0.3, 0.4) is 0 Å². The molecule has 6 rings (SSSR count). The molecule has 0 spiro atoms. The van der Waals surface area contributed by atoms with Gasteiger partial charge in [0.1, 0.15) is 5.82 Å². The van der Waals surface area contributed by atoms with Crippen LogP contribution in [0.15, 0.2) is 42.5 Å². The Labute approximate surface area is 176 Å². The van der Waals surface area contributed by atoms with E-state index < -0.39 is 0 Å². The molecule has 4 aliphatic heterocycles. The molecule has 2 aromatic carbocycles. The Kier molecular flexibility index (Phi) is 5.04. The second kappa shape index (κ2) is 7.85. The van der Waals surface area contributed by atoms with Crippen molar-refractivity contribution in [1.29, 1.82) is 5.26 Å². The van der Waals surface area contributed by atoms with Crippen LogP contribution in [0.5, 0.6) is 0 Å². The average Bonchev–Trinajstić information content (AvgIpc) is 2.79. The van der Waals surface area contributed by atoms with Crippen molar-refractivity contribution in [3.05, 3.63) is 70.5 Å². The number of nitriles is 1. The van der Waals surface area contributed by atoms with E-state index in [0.29, 0.717) is 30.4 Å². The minimum Gasteiger partial charge on any atom is -0.331 e. The second-order valence-corrected chi connectivity index (χ2v) is 8.92. The topological polar surface area (TPSA) is 47.3 Å². The van der Waals surface area contributed by atoms with Crippen molar-refractivity contribution >= 4 is 5.91 Å². The van der Waals surface area contributed by atoms with Gasteiger partial charge < -0.3 is 9.80 Å². The highest BCUT2D eigenvalue weighted by Crippen LogP contribution is 2.39. The summed E-state index contributed by atoms with van der Waals surface area (Å²) in [4.78, 5) is 18.0. The van der Waals surface area contributed by atoms with Gasteiger partial charge in [0, 0.05) is 19.5 Å². The molecule has 4 nitrogen and oxygen atoms in total. The zero-order chi connectivity index (χ0) is 20.7. The van der Waals surface area contributed by atoms with Crippen molar-refractivity contribution < 1.29 is 9.18 Å². The predicted octanol–water partition coefficient (Wildman–Crippen LogP) is 3.90. The molecule has 3 saturated heterocycles. The van der Waals surface area contributed by atoms with Crippen LogP contribution in [0.2, 0.25) is 0 Å². The Morgan fingerprint density at radius 2 is 1.87 bits per heavy atom. The Balaban J connectivity index is 1.47. The number of amides is 1. The van der Waals surface area contributed by atoms with Gasteiger partial charge >= 0.3 is 0 Å². The van der Waals surface area contributed by atoms with E-state index in [4.69, 9.17) is 0 Å². The second-order valence-electron chi connectivity index (χ2n) is 8.92. The lowest BCUT2D eigenvalue weighted by Gasteiger charge is -2.46. The first kappa shape index (κ1) is 19.3. The van der Waals surface area contributed by atoms with Crippen molar-refractivity contribution in [2.24, 2.45) is 11.8 Å². The van der Waals surface area contributed by atoms with Gasteiger partial charge in [-0.1, -0.05) is 18.2 Å². The van der Waals surface area contributed by atoms with Crippen molar-refractivity contribution in [3.63, 3.8) is 0 Å². The maximum absolute atomic E-state index is 13.6. The van der Waals surface area contributed by atoms with E-state index in [0.717, 1.165) is 29.7 Å². The summed E-state index contributed by atoms with van der Waals surface area (Å²) in [6.07, 6.45) is 3.76. The van der Waals surface area contributed by atoms with E-state index in [1.165, 1.54) is 38.1 Å². The van der Waals surface area contributed by atoms with Gasteiger partial charge in [0.2, 0.25) is 5.91 Å². The SMILES string of the molecule is N#Cc1ccc2c(c1)[C@@H](c1ccc(F)cc1)N(C(=O)C[C@@H]1CN3CCC1CC3)CC2. The first-order chi connectivity index (χ1) is 14.6. The average molecular weight is 404 g/mol. The molecule has 0 aliphatic carbocycles. The predicted molar refractivity (Wildman–Crippen MR) is 112 cm³/mol. The lowest BCUT2D eigenvalue weighted by atomic mass is 9.77. The van der Waals surface area contributed by atoms with Crippen LogP contribution in [0, 0.1) is 29.0 Å². The van der Waals surface area contributed by atoms with Gasteiger partial charge in [0.25, 0.3) is 0 Å². The normalized spacial score (nSPS) is 27.4. The fourth-order valence-electron chi connectivity index (χ4n) is 5.62. The monoisotopic (exact) mass is 403 g/mol. The summed E-state index contributed by atoms with van der Waals surface area (Å²) in [6.45, 7) is 4.02. The summed E-state index contributed by atoms with van der Waals surface area (Å²) in [7, 11) is 0. The molecular formula is C25H26FN3O. The van der Waals surface area contributed by atoms with Crippen LogP contribution < -0.4 is 0 Å². The largest absolute Gasteiger partial charge is 0.331 e. The lowest BCUT2D eigenvalue weighted by Crippen LogP contribution is -2.49. The number of carbonyl (C=O) groups excluding carboxylic acids is 1. The molecule has 0 N–H and O–H groups in total. The number of fused-ring (bicyclic) bond motifs is 4. The zero-order valence-electron chi connectivity index (χ0n) is 17.1. The molecule has 4 heterocycles. The summed E-state index contributed by atoms with van der Waals surface area (Å²) in [5.74, 6) is 0.980. The summed E-state index contributed by atoms with van der Waals surface area (Å²) in [5.41, 5.74) is 3.65. The highest BCUT2D eigenvalue weighted by molar-refractivity contribution is 5.78. The maximum atomic E-state index is 13.6. The van der Waals surface area contributed by atoms with E-state index in [2.05, 4.69) is 11.0 Å². The number of nitrogens with zero attached hydrogens (tertiary/aromatic N) is 3. The number of piperidine rings is 3. The third-order valence-corrected chi connectivity index (χ3v) is 7.24. The van der Waals surface area contributed by atoms with Gasteiger partial charge in [-0.15, -0.1) is 0 Å². The Bertz CT molecular complexity index is 988. The highest BCUT2D eigenvalue weighted by Gasteiger charge is 2.38. The first-order valence-electron chi connectivity index (χ1n) is 10.9. The van der Waals surface area contributed by atoms with Crippen LogP contribution in [0.25, 0.3) is 0 Å².